The van der Waals surface area contributed by atoms with Gasteiger partial charge in [0, 0.05) is 74.9 Å². The lowest BCUT2D eigenvalue weighted by atomic mass is 9.88. The Balaban J connectivity index is 0.808. The Hall–Kier alpha value is -12.6. The molecule has 0 bridgehead atoms. The molecule has 0 radical (unpaired) electrons. The number of ether oxygens (including phenoxy) is 2. The molecule has 0 fully saturated rings. The van der Waals surface area contributed by atoms with Crippen LogP contribution in [-0.4, -0.2) is 145 Å². The number of unbranched alkanes of at least 4 members (excludes halogenated alkanes) is 2. The van der Waals surface area contributed by atoms with Crippen molar-refractivity contribution in [2.45, 2.75) is 139 Å². The largest absolute Gasteiger partial charge is 0.508 e. The van der Waals surface area contributed by atoms with Gasteiger partial charge in [-0.25, -0.2) is 9.59 Å². The Kier molecular flexibility index (Phi) is 31.2. The Labute approximate surface area is 667 Å². The molecule has 115 heavy (non-hydrogen) atoms. The molecular weight excluding hydrogens is 1460 g/mol. The van der Waals surface area contributed by atoms with Crippen LogP contribution in [0.25, 0.3) is 33.0 Å². The molecule has 602 valence electrons. The van der Waals surface area contributed by atoms with Gasteiger partial charge in [0.1, 0.15) is 25.0 Å². The lowest BCUT2D eigenvalue weighted by Crippen LogP contribution is -2.51. The van der Waals surface area contributed by atoms with Crippen LogP contribution in [0.15, 0.2) is 194 Å². The lowest BCUT2D eigenvalue weighted by Gasteiger charge is -2.26. The van der Waals surface area contributed by atoms with Gasteiger partial charge in [-0.1, -0.05) is 188 Å². The fourth-order valence-corrected chi connectivity index (χ4v) is 15.0. The number of benzene rings is 8. The minimum Gasteiger partial charge on any atom is -0.508 e. The van der Waals surface area contributed by atoms with Gasteiger partial charge in [-0.2, -0.15) is 0 Å². The van der Waals surface area contributed by atoms with Gasteiger partial charge in [0.2, 0.25) is 29.5 Å². The number of hydrogen-bond donors (Lipinski definition) is 13. The zero-order valence-corrected chi connectivity index (χ0v) is 64.2. The SMILES string of the molecule is N=C(N)NCCC[C@@H](NC(=O)[C@H](CCCCNC(=O)OCC1c2ccccc2-c2ccccc21)CC(=O)[C@H](Cc1ccc(O)cc1)NC(=O)[C@@H](N)Cc1ccccc1)C(=O)C[C@@H](Cc1ccc2ccccc2c1)C(=O)NCC(=O)C[C@H](CCC(=O)O)C(=O)N[C@@H](CCCCNC(=O)OCC1c2ccccc2-c2ccccc21)C(N)=O. The summed E-state index contributed by atoms with van der Waals surface area (Å²) in [5.74, 6) is -11.4. The van der Waals surface area contributed by atoms with Crippen molar-refractivity contribution in [3.63, 3.8) is 0 Å². The molecule has 2 aliphatic rings. The van der Waals surface area contributed by atoms with Gasteiger partial charge in [0.05, 0.1) is 24.7 Å². The number of hydrogen-bond acceptors (Lipinski definition) is 16. The molecule has 7 amide bonds. The van der Waals surface area contributed by atoms with E-state index in [2.05, 4.69) is 37.2 Å². The third-order valence-electron chi connectivity index (χ3n) is 21.1. The predicted molar refractivity (Wildman–Crippen MR) is 435 cm³/mol. The summed E-state index contributed by atoms with van der Waals surface area (Å²) in [4.78, 5) is 153. The number of Topliss-reactive ketones (excluding diaryl/α,β-unsaturated/α-hetero) is 3. The molecule has 26 heteroatoms. The van der Waals surface area contributed by atoms with E-state index in [4.69, 9.17) is 32.1 Å². The van der Waals surface area contributed by atoms with Crippen LogP contribution in [0.4, 0.5) is 9.59 Å². The third kappa shape index (κ3) is 25.0. The van der Waals surface area contributed by atoms with E-state index < -0.39 is 139 Å². The number of carbonyl (C=O) groups excluding carboxylic acids is 10. The summed E-state index contributed by atoms with van der Waals surface area (Å²) in [6.45, 7) is -0.128. The maximum Gasteiger partial charge on any atom is 0.407 e. The first kappa shape index (κ1) is 84.9. The Morgan fingerprint density at radius 1 is 0.417 bits per heavy atom. The van der Waals surface area contributed by atoms with Crippen LogP contribution in [0.5, 0.6) is 5.75 Å². The number of aliphatic carboxylic acids is 1. The van der Waals surface area contributed by atoms with Gasteiger partial charge in [0.25, 0.3) is 0 Å². The first-order chi connectivity index (χ1) is 55.5. The van der Waals surface area contributed by atoms with E-state index in [1.807, 2.05) is 164 Å². The highest BCUT2D eigenvalue weighted by Crippen LogP contribution is 2.46. The second-order valence-corrected chi connectivity index (χ2v) is 29.4. The molecular formula is C89H101N11O15. The molecule has 0 aromatic heterocycles. The van der Waals surface area contributed by atoms with Gasteiger partial charge in [-0.05, 0) is 155 Å². The van der Waals surface area contributed by atoms with Gasteiger partial charge in [-0.3, -0.25) is 48.6 Å². The highest BCUT2D eigenvalue weighted by Gasteiger charge is 2.36. The van der Waals surface area contributed by atoms with E-state index in [9.17, 15) is 48.6 Å². The fraction of sp³-hybridized carbons (Fsp3) is 0.348. The van der Waals surface area contributed by atoms with E-state index in [0.717, 1.165) is 60.8 Å². The number of carboxylic acids is 1. The van der Waals surface area contributed by atoms with Crippen LogP contribution in [0.1, 0.15) is 134 Å². The average Bonchev–Trinajstić information content (AvgIpc) is 1.62. The Bertz CT molecular complexity index is 4680. The topological polar surface area (TPSA) is 433 Å². The highest BCUT2D eigenvalue weighted by molar-refractivity contribution is 5.98. The van der Waals surface area contributed by atoms with Gasteiger partial charge in [0.15, 0.2) is 23.3 Å². The third-order valence-corrected chi connectivity index (χ3v) is 21.1. The summed E-state index contributed by atoms with van der Waals surface area (Å²) < 4.78 is 11.4. The van der Waals surface area contributed by atoms with Gasteiger partial charge < -0.3 is 74.1 Å². The average molecular weight is 1560 g/mol. The quantitative estimate of drug-likeness (QED) is 0.00960. The molecule has 0 heterocycles. The van der Waals surface area contributed by atoms with E-state index in [1.165, 1.54) is 12.1 Å². The summed E-state index contributed by atoms with van der Waals surface area (Å²) in [7, 11) is 0. The van der Waals surface area contributed by atoms with Gasteiger partial charge >= 0.3 is 18.2 Å². The van der Waals surface area contributed by atoms with Crippen molar-refractivity contribution in [1.29, 1.82) is 5.41 Å². The normalized spacial score (nSPS) is 13.7. The smallest absolute Gasteiger partial charge is 0.407 e. The summed E-state index contributed by atoms with van der Waals surface area (Å²) in [5.41, 5.74) is 28.4. The summed E-state index contributed by atoms with van der Waals surface area (Å²) in [6.07, 6.45) is -2.34. The highest BCUT2D eigenvalue weighted by atomic mass is 16.6. The van der Waals surface area contributed by atoms with E-state index in [-0.39, 0.29) is 114 Å². The van der Waals surface area contributed by atoms with Crippen molar-refractivity contribution in [3.05, 3.63) is 233 Å². The monoisotopic (exact) mass is 1560 g/mol. The molecule has 7 atom stereocenters. The number of carboxylic acid groups (broad SMARTS) is 1. The number of nitrogens with two attached hydrogens (primary N) is 3. The van der Waals surface area contributed by atoms with Crippen molar-refractivity contribution in [2.75, 3.05) is 39.4 Å². The van der Waals surface area contributed by atoms with Crippen LogP contribution >= 0.6 is 0 Å². The first-order valence-corrected chi connectivity index (χ1v) is 39.1. The number of fused-ring (bicyclic) bond motifs is 7. The molecule has 0 aliphatic heterocycles. The minimum absolute atomic E-state index is 0.0305. The summed E-state index contributed by atoms with van der Waals surface area (Å²) in [5, 5.41) is 48.7. The van der Waals surface area contributed by atoms with E-state index in [1.54, 1.807) is 18.2 Å². The lowest BCUT2D eigenvalue weighted by molar-refractivity contribution is -0.138. The number of aromatic hydroxyl groups is 1. The molecule has 16 N–H and O–H groups in total. The molecule has 2 aliphatic carbocycles. The standard InChI is InChI=1S/C89H101N11O15/c90-75(47-55-19-2-1-3-20-55)86(111)100-78(48-56-35-39-63(101)40-36-56)80(104)50-60(23-14-16-42-95-88(112)114-53-73-69-28-10-6-24-65(69)66-25-7-11-29-70(66)73)84(109)98-76(33-18-44-94-87(92)93)79(103)51-62(46-57-34-37-58-21-4-5-22-59(58)45-57)83(108)97-52-64(102)49-61(38-41-81(105)106)85(110)99-77(82(91)107)32-15-17-43-96-89(113)115-54-74-71-30-12-8-26-67(71)68-27-9-13-31-72(68)74/h1-13,19-22,24-31,34-37,39-40,45,60-62,73-78,101H,14-18,23,32-33,38,41-44,46-54,90H2,(H2,91,107)(H,95,112)(H,96,113)(H,97,108)(H,98,109)(H,99,110)(H,100,111)(H,105,106)(H4,92,93,94)/t60-,61+,62-,75+,76-,77+,78+/m1/s1. The van der Waals surface area contributed by atoms with E-state index in [0.29, 0.717) is 30.4 Å². The number of phenolic OH excluding ortho intramolecular Hbond substituents is 1. The molecule has 0 saturated heterocycles. The second kappa shape index (κ2) is 42.3. The maximum absolute atomic E-state index is 15.2. The molecule has 0 saturated carbocycles. The van der Waals surface area contributed by atoms with E-state index >= 15 is 14.4 Å². The first-order valence-electron chi connectivity index (χ1n) is 39.1. The van der Waals surface area contributed by atoms with Crippen LogP contribution < -0.4 is 54.4 Å². The molecule has 10 rings (SSSR count). The maximum atomic E-state index is 15.2. The summed E-state index contributed by atoms with van der Waals surface area (Å²) in [6, 6.07) is 55.0. The molecule has 0 spiro atoms. The van der Waals surface area contributed by atoms with Crippen molar-refractivity contribution < 1.29 is 72.4 Å². The Morgan fingerprint density at radius 3 is 1.43 bits per heavy atom. The molecule has 8 aromatic carbocycles. The zero-order chi connectivity index (χ0) is 81.8. The number of primary amides is 1. The number of guanidine groups is 1. The number of ketones is 3. The number of nitrogens with one attached hydrogen (secondary N) is 8. The van der Waals surface area contributed by atoms with Crippen LogP contribution in [0, 0.1) is 23.2 Å². The van der Waals surface area contributed by atoms with Crippen LogP contribution in [0.2, 0.25) is 0 Å². The molecule has 26 nitrogen and oxygen atoms in total. The number of alkyl carbamates (subject to hydrolysis) is 2. The second-order valence-electron chi connectivity index (χ2n) is 29.4. The molecule has 8 aromatic rings. The molecule has 0 unspecified atom stereocenters. The van der Waals surface area contributed by atoms with Crippen molar-refractivity contribution in [2.24, 2.45) is 35.0 Å². The number of carbonyl (C=O) groups is 11. The number of phenols is 1. The van der Waals surface area contributed by atoms with Gasteiger partial charge in [-0.15, -0.1) is 0 Å². The van der Waals surface area contributed by atoms with Crippen molar-refractivity contribution in [3.8, 4) is 28.0 Å². The minimum atomic E-state index is -1.34. The zero-order valence-electron chi connectivity index (χ0n) is 64.2. The summed E-state index contributed by atoms with van der Waals surface area (Å²) >= 11 is 0. The number of rotatable bonds is 45. The van der Waals surface area contributed by atoms with Crippen LogP contribution in [-0.2, 0) is 71.9 Å². The fourth-order valence-electron chi connectivity index (χ4n) is 15.0. The van der Waals surface area contributed by atoms with Crippen molar-refractivity contribution in [1.82, 2.24) is 37.2 Å². The predicted octanol–water partition coefficient (Wildman–Crippen LogP) is 9.23. The van der Waals surface area contributed by atoms with Crippen LogP contribution in [0.3, 0.4) is 0 Å². The van der Waals surface area contributed by atoms with Crippen molar-refractivity contribution >= 4 is 81.8 Å². The number of amides is 7. The Morgan fingerprint density at radius 2 is 0.878 bits per heavy atom.